The molecule has 0 spiro atoms. The first-order chi connectivity index (χ1) is 8.87. The second-order valence-corrected chi connectivity index (χ2v) is 6.23. The van der Waals surface area contributed by atoms with Gasteiger partial charge in [0.15, 0.2) is 0 Å². The predicted octanol–water partition coefficient (Wildman–Crippen LogP) is 3.51. The van der Waals surface area contributed by atoms with Crippen molar-refractivity contribution in [2.24, 2.45) is 5.10 Å². The van der Waals surface area contributed by atoms with E-state index in [-0.39, 0.29) is 6.04 Å². The van der Waals surface area contributed by atoms with E-state index < -0.39 is 11.7 Å². The molecule has 1 aromatic heterocycles. The lowest BCUT2D eigenvalue weighted by Crippen LogP contribution is -2.34. The molecule has 1 aliphatic heterocycles. The van der Waals surface area contributed by atoms with Crippen molar-refractivity contribution in [1.29, 1.82) is 0 Å². The predicted molar refractivity (Wildman–Crippen MR) is 75.9 cm³/mol. The fraction of sp³-hybridized carbons (Fsp3) is 0.462. The molecule has 2 heterocycles. The van der Waals surface area contributed by atoms with Crippen molar-refractivity contribution in [3.63, 3.8) is 0 Å². The van der Waals surface area contributed by atoms with Crippen molar-refractivity contribution in [3.05, 3.63) is 28.5 Å². The number of aromatic nitrogens is 1. The first kappa shape index (κ1) is 14.0. The molecule has 0 bridgehead atoms. The number of hydrazone groups is 1. The van der Waals surface area contributed by atoms with Crippen LogP contribution in [0.25, 0.3) is 0 Å². The van der Waals surface area contributed by atoms with Crippen LogP contribution < -0.4 is 0 Å². The minimum atomic E-state index is -0.532. The summed E-state index contributed by atoms with van der Waals surface area (Å²) < 4.78 is 6.22. The lowest BCUT2D eigenvalue weighted by molar-refractivity contribution is 0.0195. The quantitative estimate of drug-likeness (QED) is 0.793. The summed E-state index contributed by atoms with van der Waals surface area (Å²) in [6.45, 7) is 5.50. The van der Waals surface area contributed by atoms with E-state index in [9.17, 15) is 4.79 Å². The SMILES string of the molecule is CC(C)(C)OC(=O)N1N=CCC1c1cncc(Br)c1. The van der Waals surface area contributed by atoms with Gasteiger partial charge in [0.25, 0.3) is 0 Å². The molecule has 102 valence electrons. The lowest BCUT2D eigenvalue weighted by atomic mass is 10.1. The Hall–Kier alpha value is -1.43. The Labute approximate surface area is 120 Å². The topological polar surface area (TPSA) is 54.8 Å². The molecular formula is C13H16BrN3O2. The number of halogens is 1. The van der Waals surface area contributed by atoms with Crippen LogP contribution in [0.5, 0.6) is 0 Å². The molecule has 0 aromatic carbocycles. The molecule has 0 saturated heterocycles. The molecule has 1 unspecified atom stereocenters. The molecule has 0 N–H and O–H groups in total. The highest BCUT2D eigenvalue weighted by Crippen LogP contribution is 2.30. The van der Waals surface area contributed by atoms with E-state index in [0.29, 0.717) is 6.42 Å². The molecule has 0 fully saturated rings. The van der Waals surface area contributed by atoms with E-state index in [1.807, 2.05) is 26.8 Å². The summed E-state index contributed by atoms with van der Waals surface area (Å²) >= 11 is 3.38. The zero-order valence-electron chi connectivity index (χ0n) is 11.1. The molecular weight excluding hydrogens is 310 g/mol. The Morgan fingerprint density at radius 1 is 1.47 bits per heavy atom. The average molecular weight is 326 g/mol. The van der Waals surface area contributed by atoms with Crippen molar-refractivity contribution in [2.75, 3.05) is 0 Å². The number of ether oxygens (including phenoxy) is 1. The summed E-state index contributed by atoms with van der Waals surface area (Å²) in [4.78, 5) is 16.2. The van der Waals surface area contributed by atoms with Crippen LogP contribution in [0.3, 0.4) is 0 Å². The van der Waals surface area contributed by atoms with Gasteiger partial charge in [0, 0.05) is 29.5 Å². The monoisotopic (exact) mass is 325 g/mol. The largest absolute Gasteiger partial charge is 0.442 e. The summed E-state index contributed by atoms with van der Waals surface area (Å²) in [6, 6.07) is 1.78. The summed E-state index contributed by atoms with van der Waals surface area (Å²) in [7, 11) is 0. The summed E-state index contributed by atoms with van der Waals surface area (Å²) in [5.74, 6) is 0. The van der Waals surface area contributed by atoms with E-state index in [0.717, 1.165) is 10.0 Å². The van der Waals surface area contributed by atoms with Gasteiger partial charge in [0.05, 0.1) is 6.04 Å². The first-order valence-electron chi connectivity index (χ1n) is 6.02. The van der Waals surface area contributed by atoms with Crippen molar-refractivity contribution in [1.82, 2.24) is 9.99 Å². The van der Waals surface area contributed by atoms with Gasteiger partial charge in [-0.2, -0.15) is 10.1 Å². The van der Waals surface area contributed by atoms with E-state index in [1.165, 1.54) is 5.01 Å². The maximum atomic E-state index is 12.1. The van der Waals surface area contributed by atoms with Crippen LogP contribution in [0.1, 0.15) is 38.8 Å². The Morgan fingerprint density at radius 3 is 2.84 bits per heavy atom. The van der Waals surface area contributed by atoms with Crippen LogP contribution in [0, 0.1) is 0 Å². The number of hydrogen-bond acceptors (Lipinski definition) is 4. The molecule has 0 aliphatic carbocycles. The van der Waals surface area contributed by atoms with Gasteiger partial charge >= 0.3 is 6.09 Å². The minimum Gasteiger partial charge on any atom is -0.442 e. The lowest BCUT2D eigenvalue weighted by Gasteiger charge is -2.26. The maximum absolute atomic E-state index is 12.1. The van der Waals surface area contributed by atoms with Gasteiger partial charge in [-0.1, -0.05) is 0 Å². The minimum absolute atomic E-state index is 0.153. The van der Waals surface area contributed by atoms with E-state index in [1.54, 1.807) is 18.6 Å². The van der Waals surface area contributed by atoms with Gasteiger partial charge in [0.1, 0.15) is 5.60 Å². The number of carbonyl (C=O) groups is 1. The van der Waals surface area contributed by atoms with E-state index in [2.05, 4.69) is 26.0 Å². The Balaban J connectivity index is 2.17. The number of pyridine rings is 1. The van der Waals surface area contributed by atoms with Crippen LogP contribution in [0.4, 0.5) is 4.79 Å². The molecule has 1 aliphatic rings. The highest BCUT2D eigenvalue weighted by Gasteiger charge is 2.32. The average Bonchev–Trinajstić information content (AvgIpc) is 2.75. The number of rotatable bonds is 1. The molecule has 2 rings (SSSR count). The standard InChI is InChI=1S/C13H16BrN3O2/c1-13(2,3)19-12(18)17-11(4-5-16-17)9-6-10(14)8-15-7-9/h5-8,11H,4H2,1-3H3. The zero-order chi connectivity index (χ0) is 14.0. The van der Waals surface area contributed by atoms with Gasteiger partial charge in [0.2, 0.25) is 0 Å². The Bertz CT molecular complexity index is 511. The van der Waals surface area contributed by atoms with Crippen molar-refractivity contribution in [2.45, 2.75) is 38.8 Å². The van der Waals surface area contributed by atoms with Crippen LogP contribution in [-0.2, 0) is 4.74 Å². The number of hydrogen-bond donors (Lipinski definition) is 0. The Morgan fingerprint density at radius 2 is 2.21 bits per heavy atom. The summed E-state index contributed by atoms with van der Waals surface area (Å²) in [6.07, 6.45) is 5.39. The number of nitrogens with zero attached hydrogens (tertiary/aromatic N) is 3. The van der Waals surface area contributed by atoms with Crippen molar-refractivity contribution >= 4 is 28.2 Å². The second kappa shape index (κ2) is 5.28. The van der Waals surface area contributed by atoms with E-state index >= 15 is 0 Å². The zero-order valence-corrected chi connectivity index (χ0v) is 12.7. The fourth-order valence-corrected chi connectivity index (χ4v) is 2.17. The van der Waals surface area contributed by atoms with Crippen LogP contribution in [-0.4, -0.2) is 27.9 Å². The molecule has 1 atom stereocenters. The van der Waals surface area contributed by atoms with E-state index in [4.69, 9.17) is 4.74 Å². The highest BCUT2D eigenvalue weighted by atomic mass is 79.9. The highest BCUT2D eigenvalue weighted by molar-refractivity contribution is 9.10. The number of carbonyl (C=O) groups excluding carboxylic acids is 1. The molecule has 1 amide bonds. The van der Waals surface area contributed by atoms with Crippen molar-refractivity contribution < 1.29 is 9.53 Å². The molecule has 0 radical (unpaired) electrons. The molecule has 0 saturated carbocycles. The maximum Gasteiger partial charge on any atom is 0.431 e. The number of amides is 1. The Kier molecular flexibility index (Phi) is 3.89. The van der Waals surface area contributed by atoms with Gasteiger partial charge in [-0.15, -0.1) is 0 Å². The molecule has 19 heavy (non-hydrogen) atoms. The molecule has 5 nitrogen and oxygen atoms in total. The third kappa shape index (κ3) is 3.53. The smallest absolute Gasteiger partial charge is 0.431 e. The summed E-state index contributed by atoms with van der Waals surface area (Å²) in [5.41, 5.74) is 0.396. The summed E-state index contributed by atoms with van der Waals surface area (Å²) in [5, 5.41) is 5.47. The van der Waals surface area contributed by atoms with Gasteiger partial charge in [-0.05, 0) is 48.3 Å². The third-order valence-corrected chi connectivity index (χ3v) is 2.95. The van der Waals surface area contributed by atoms with Crippen molar-refractivity contribution in [3.8, 4) is 0 Å². The van der Waals surface area contributed by atoms with Gasteiger partial charge in [-0.3, -0.25) is 4.98 Å². The first-order valence-corrected chi connectivity index (χ1v) is 6.81. The van der Waals surface area contributed by atoms with Crippen LogP contribution >= 0.6 is 15.9 Å². The second-order valence-electron chi connectivity index (χ2n) is 5.31. The van der Waals surface area contributed by atoms with Gasteiger partial charge < -0.3 is 4.74 Å². The normalized spacial score (nSPS) is 18.7. The van der Waals surface area contributed by atoms with Gasteiger partial charge in [-0.25, -0.2) is 4.79 Å². The van der Waals surface area contributed by atoms with Crippen LogP contribution in [0.15, 0.2) is 28.0 Å². The third-order valence-electron chi connectivity index (χ3n) is 2.52. The molecule has 1 aromatic rings. The molecule has 6 heteroatoms. The van der Waals surface area contributed by atoms with Crippen LogP contribution in [0.2, 0.25) is 0 Å². The fourth-order valence-electron chi connectivity index (χ4n) is 1.79.